The van der Waals surface area contributed by atoms with Crippen molar-refractivity contribution < 1.29 is 9.59 Å². The number of aryl methyl sites for hydroxylation is 1. The maximum Gasteiger partial charge on any atom is 0.239 e. The van der Waals surface area contributed by atoms with Crippen molar-refractivity contribution in [2.45, 2.75) is 19.9 Å². The minimum atomic E-state index is -0.620. The molecule has 2 aromatic rings. The number of likely N-dealkylation sites (N-methyl/N-ethyl adjacent to an activating group) is 1. The van der Waals surface area contributed by atoms with Crippen molar-refractivity contribution in [2.75, 3.05) is 49.6 Å². The Morgan fingerprint density at radius 1 is 1.10 bits per heavy atom. The molecule has 2 aliphatic rings. The molecule has 1 aromatic heterocycles. The number of carbonyl (C=O) groups is 2. The van der Waals surface area contributed by atoms with E-state index in [0.717, 1.165) is 48.8 Å². The summed E-state index contributed by atoms with van der Waals surface area (Å²) < 4.78 is 0. The van der Waals surface area contributed by atoms with Crippen molar-refractivity contribution in [1.29, 1.82) is 0 Å². The first kappa shape index (κ1) is 20.3. The highest BCUT2D eigenvalue weighted by Gasteiger charge is 2.37. The lowest BCUT2D eigenvalue weighted by Gasteiger charge is -2.33. The summed E-state index contributed by atoms with van der Waals surface area (Å²) in [7, 11) is 2.13. The van der Waals surface area contributed by atoms with Crippen molar-refractivity contribution in [1.82, 2.24) is 15.2 Å². The van der Waals surface area contributed by atoms with Crippen molar-refractivity contribution in [2.24, 2.45) is 5.92 Å². The van der Waals surface area contributed by atoms with Gasteiger partial charge >= 0.3 is 0 Å². The molecule has 0 spiro atoms. The summed E-state index contributed by atoms with van der Waals surface area (Å²) in [5, 5.41) is 2.95. The van der Waals surface area contributed by atoms with Crippen molar-refractivity contribution >= 4 is 23.3 Å². The lowest BCUT2D eigenvalue weighted by atomic mass is 10.1. The fourth-order valence-electron chi connectivity index (χ4n) is 4.00. The molecule has 3 heterocycles. The number of aromatic nitrogens is 1. The van der Waals surface area contributed by atoms with Crippen LogP contribution in [0, 0.1) is 12.8 Å². The Balaban J connectivity index is 1.34. The van der Waals surface area contributed by atoms with E-state index >= 15 is 0 Å². The second-order valence-electron chi connectivity index (χ2n) is 8.20. The highest BCUT2D eigenvalue weighted by Crippen LogP contribution is 2.26. The van der Waals surface area contributed by atoms with E-state index in [9.17, 15) is 9.59 Å². The number of hydrogen-bond acceptors (Lipinski definition) is 5. The summed E-state index contributed by atoms with van der Waals surface area (Å²) in [4.78, 5) is 36.2. The number of amides is 2. The van der Waals surface area contributed by atoms with Gasteiger partial charge in [0.15, 0.2) is 0 Å². The highest BCUT2D eigenvalue weighted by atomic mass is 16.2. The Morgan fingerprint density at radius 2 is 1.83 bits per heavy atom. The topological polar surface area (TPSA) is 68.8 Å². The summed E-state index contributed by atoms with van der Waals surface area (Å²) >= 11 is 0. The second kappa shape index (κ2) is 8.83. The van der Waals surface area contributed by atoms with Crippen LogP contribution in [-0.2, 0) is 16.1 Å². The van der Waals surface area contributed by atoms with E-state index in [1.807, 2.05) is 43.3 Å². The van der Waals surface area contributed by atoms with Crippen LogP contribution in [0.4, 0.5) is 11.5 Å². The molecule has 1 N–H and O–H groups in total. The Kier molecular flexibility index (Phi) is 5.99. The van der Waals surface area contributed by atoms with E-state index < -0.39 is 5.92 Å². The molecule has 1 unspecified atom stereocenters. The molecule has 2 aliphatic heterocycles. The number of carbonyl (C=O) groups excluding carboxylic acids is 2. The van der Waals surface area contributed by atoms with Crippen LogP contribution in [0.25, 0.3) is 0 Å². The minimum absolute atomic E-state index is 0.121. The molecule has 2 amide bonds. The van der Waals surface area contributed by atoms with Gasteiger partial charge in [0.25, 0.3) is 0 Å². The molecule has 7 heteroatoms. The molecular formula is C23H29N5O2. The Morgan fingerprint density at radius 3 is 2.57 bits per heavy atom. The molecule has 1 atom stereocenters. The summed E-state index contributed by atoms with van der Waals surface area (Å²) in [5.74, 6) is -0.000594. The van der Waals surface area contributed by atoms with Gasteiger partial charge in [-0.3, -0.25) is 9.59 Å². The summed E-state index contributed by atoms with van der Waals surface area (Å²) in [6.07, 6.45) is 2.33. The largest absolute Gasteiger partial charge is 0.354 e. The van der Waals surface area contributed by atoms with E-state index in [0.29, 0.717) is 19.5 Å². The molecule has 0 aliphatic carbocycles. The maximum atomic E-state index is 12.8. The maximum absolute atomic E-state index is 12.8. The predicted octanol–water partition coefficient (Wildman–Crippen LogP) is 1.81. The highest BCUT2D eigenvalue weighted by molar-refractivity contribution is 6.09. The molecule has 1 aromatic carbocycles. The fourth-order valence-corrected chi connectivity index (χ4v) is 4.00. The zero-order valence-electron chi connectivity index (χ0n) is 17.7. The summed E-state index contributed by atoms with van der Waals surface area (Å²) in [5.41, 5.74) is 2.99. The van der Waals surface area contributed by atoms with Gasteiger partial charge in [-0.25, -0.2) is 4.98 Å². The molecule has 0 saturated carbocycles. The van der Waals surface area contributed by atoms with Crippen LogP contribution < -0.4 is 15.1 Å². The van der Waals surface area contributed by atoms with Crippen LogP contribution in [0.3, 0.4) is 0 Å². The fraction of sp³-hybridized carbons (Fsp3) is 0.435. The molecule has 4 rings (SSSR count). The summed E-state index contributed by atoms with van der Waals surface area (Å²) in [6, 6.07) is 11.8. The van der Waals surface area contributed by atoms with Gasteiger partial charge in [0.1, 0.15) is 11.7 Å². The van der Waals surface area contributed by atoms with Crippen LogP contribution in [-0.4, -0.2) is 61.5 Å². The van der Waals surface area contributed by atoms with Crippen LogP contribution in [0.2, 0.25) is 0 Å². The first-order valence-corrected chi connectivity index (χ1v) is 10.6. The molecule has 0 bridgehead atoms. The van der Waals surface area contributed by atoms with Gasteiger partial charge in [-0.05, 0) is 50.2 Å². The summed E-state index contributed by atoms with van der Waals surface area (Å²) in [6.45, 7) is 6.92. The molecule has 30 heavy (non-hydrogen) atoms. The number of benzene rings is 1. The number of nitrogens with zero attached hydrogens (tertiary/aromatic N) is 4. The molecule has 158 valence electrons. The van der Waals surface area contributed by atoms with E-state index in [4.69, 9.17) is 0 Å². The first-order chi connectivity index (χ1) is 14.5. The number of anilines is 2. The zero-order valence-corrected chi connectivity index (χ0v) is 17.7. The number of pyridine rings is 1. The van der Waals surface area contributed by atoms with E-state index in [1.54, 1.807) is 11.1 Å². The van der Waals surface area contributed by atoms with Gasteiger partial charge in [0, 0.05) is 51.2 Å². The quantitative estimate of drug-likeness (QED) is 0.766. The van der Waals surface area contributed by atoms with E-state index in [-0.39, 0.29) is 11.8 Å². The van der Waals surface area contributed by atoms with E-state index in [1.165, 1.54) is 0 Å². The predicted molar refractivity (Wildman–Crippen MR) is 117 cm³/mol. The number of nitrogens with one attached hydrogen (secondary N) is 1. The third-order valence-corrected chi connectivity index (χ3v) is 5.97. The average Bonchev–Trinajstić information content (AvgIpc) is 3.15. The minimum Gasteiger partial charge on any atom is -0.354 e. The number of rotatable bonds is 5. The van der Waals surface area contributed by atoms with Gasteiger partial charge in [0.05, 0.1) is 0 Å². The lowest BCUT2D eigenvalue weighted by molar-refractivity contribution is -0.132. The standard InChI is InChI=1S/C23H29N5O2/c1-17-3-5-19(6-4-17)28-10-8-20(23(28)30)22(29)25-16-18-7-9-24-21(15-18)27-13-11-26(2)12-14-27/h3-7,9,15,20H,8,10-14,16H2,1-2H3,(H,25,29). The van der Waals surface area contributed by atoms with Gasteiger partial charge in [-0.1, -0.05) is 17.7 Å². The zero-order chi connectivity index (χ0) is 21.1. The Labute approximate surface area is 177 Å². The van der Waals surface area contributed by atoms with Crippen molar-refractivity contribution in [3.8, 4) is 0 Å². The van der Waals surface area contributed by atoms with Crippen LogP contribution >= 0.6 is 0 Å². The van der Waals surface area contributed by atoms with Crippen LogP contribution in [0.15, 0.2) is 42.6 Å². The van der Waals surface area contributed by atoms with Gasteiger partial charge < -0.3 is 20.0 Å². The molecule has 2 fully saturated rings. The smallest absolute Gasteiger partial charge is 0.239 e. The average molecular weight is 408 g/mol. The molecule has 0 radical (unpaired) electrons. The van der Waals surface area contributed by atoms with Crippen molar-refractivity contribution in [3.05, 3.63) is 53.7 Å². The van der Waals surface area contributed by atoms with Crippen LogP contribution in [0.5, 0.6) is 0 Å². The second-order valence-corrected chi connectivity index (χ2v) is 8.20. The molecular weight excluding hydrogens is 378 g/mol. The SMILES string of the molecule is Cc1ccc(N2CCC(C(=O)NCc3ccnc(N4CCN(C)CC4)c3)C2=O)cc1. The normalized spacial score (nSPS) is 19.9. The lowest BCUT2D eigenvalue weighted by Crippen LogP contribution is -2.44. The van der Waals surface area contributed by atoms with Crippen LogP contribution in [0.1, 0.15) is 17.5 Å². The third kappa shape index (κ3) is 4.46. The number of piperazine rings is 1. The Hall–Kier alpha value is -2.93. The van der Waals surface area contributed by atoms with Gasteiger partial charge in [-0.15, -0.1) is 0 Å². The van der Waals surface area contributed by atoms with Gasteiger partial charge in [-0.2, -0.15) is 0 Å². The monoisotopic (exact) mass is 407 g/mol. The first-order valence-electron chi connectivity index (χ1n) is 10.6. The third-order valence-electron chi connectivity index (χ3n) is 5.97. The van der Waals surface area contributed by atoms with Gasteiger partial charge in [0.2, 0.25) is 11.8 Å². The van der Waals surface area contributed by atoms with E-state index in [2.05, 4.69) is 27.1 Å². The number of hydrogen-bond donors (Lipinski definition) is 1. The molecule has 2 saturated heterocycles. The Bertz CT molecular complexity index is 906. The molecule has 7 nitrogen and oxygen atoms in total. The van der Waals surface area contributed by atoms with Crippen molar-refractivity contribution in [3.63, 3.8) is 0 Å².